The molecule has 4 heteroatoms. The maximum absolute atomic E-state index is 11.5. The molecule has 1 aromatic rings. The normalized spacial score (nSPS) is 18.1. The average Bonchev–Trinajstić information content (AvgIpc) is 2.39. The minimum atomic E-state index is -0.684. The standard InChI is InChI=1S/C14H19NO3/c15-14(9-5-2-6-10-14)11-17-13(16)18-12-7-3-1-4-8-12/h1,3-4,7-8H,2,5-6,9-11,15H2. The van der Waals surface area contributed by atoms with E-state index in [0.29, 0.717) is 5.75 Å². The number of benzene rings is 1. The van der Waals surface area contributed by atoms with Crippen molar-refractivity contribution >= 4 is 6.16 Å². The molecule has 4 nitrogen and oxygen atoms in total. The lowest BCUT2D eigenvalue weighted by Gasteiger charge is -2.32. The van der Waals surface area contributed by atoms with E-state index in [4.69, 9.17) is 15.2 Å². The summed E-state index contributed by atoms with van der Waals surface area (Å²) in [7, 11) is 0. The van der Waals surface area contributed by atoms with E-state index in [2.05, 4.69) is 0 Å². The van der Waals surface area contributed by atoms with E-state index >= 15 is 0 Å². The van der Waals surface area contributed by atoms with Crippen LogP contribution in [0.25, 0.3) is 0 Å². The summed E-state index contributed by atoms with van der Waals surface area (Å²) in [6.07, 6.45) is 4.56. The summed E-state index contributed by atoms with van der Waals surface area (Å²) < 4.78 is 10.1. The first-order chi connectivity index (χ1) is 8.68. The molecule has 1 aromatic carbocycles. The lowest BCUT2D eigenvalue weighted by molar-refractivity contribution is 0.0666. The van der Waals surface area contributed by atoms with Gasteiger partial charge in [-0.2, -0.15) is 0 Å². The Hall–Kier alpha value is -1.55. The minimum absolute atomic E-state index is 0.235. The van der Waals surface area contributed by atoms with Crippen molar-refractivity contribution in [3.05, 3.63) is 30.3 Å². The van der Waals surface area contributed by atoms with Crippen LogP contribution >= 0.6 is 0 Å². The van der Waals surface area contributed by atoms with Gasteiger partial charge in [0.2, 0.25) is 0 Å². The predicted octanol–water partition coefficient (Wildman–Crippen LogP) is 2.86. The summed E-state index contributed by atoms with van der Waals surface area (Å²) in [6.45, 7) is 0.235. The fourth-order valence-corrected chi connectivity index (χ4v) is 2.22. The lowest BCUT2D eigenvalue weighted by Crippen LogP contribution is -2.46. The van der Waals surface area contributed by atoms with Gasteiger partial charge in [-0.15, -0.1) is 0 Å². The molecule has 2 N–H and O–H groups in total. The van der Waals surface area contributed by atoms with Crippen LogP contribution in [0.4, 0.5) is 4.79 Å². The van der Waals surface area contributed by atoms with Crippen molar-refractivity contribution < 1.29 is 14.3 Å². The van der Waals surface area contributed by atoms with Crippen LogP contribution in [0, 0.1) is 0 Å². The van der Waals surface area contributed by atoms with Gasteiger partial charge in [-0.1, -0.05) is 37.5 Å². The Morgan fingerprint density at radius 2 is 1.83 bits per heavy atom. The van der Waals surface area contributed by atoms with Crippen LogP contribution in [0.5, 0.6) is 5.75 Å². The summed E-state index contributed by atoms with van der Waals surface area (Å²) >= 11 is 0. The van der Waals surface area contributed by atoms with Crippen LogP contribution in [0.15, 0.2) is 30.3 Å². The maximum atomic E-state index is 11.5. The molecule has 0 amide bonds. The zero-order chi connectivity index (χ0) is 12.8. The van der Waals surface area contributed by atoms with Crippen molar-refractivity contribution in [1.82, 2.24) is 0 Å². The van der Waals surface area contributed by atoms with Crippen LogP contribution in [0.2, 0.25) is 0 Å². The molecule has 1 saturated carbocycles. The summed E-state index contributed by atoms with van der Waals surface area (Å²) in [5.74, 6) is 0.484. The van der Waals surface area contributed by atoms with Crippen molar-refractivity contribution in [2.75, 3.05) is 6.61 Å². The molecule has 1 aliphatic rings. The second kappa shape index (κ2) is 5.87. The molecule has 0 spiro atoms. The largest absolute Gasteiger partial charge is 0.513 e. The molecule has 0 aromatic heterocycles. The van der Waals surface area contributed by atoms with Crippen molar-refractivity contribution in [2.45, 2.75) is 37.6 Å². The predicted molar refractivity (Wildman–Crippen MR) is 68.4 cm³/mol. The Morgan fingerprint density at radius 1 is 1.17 bits per heavy atom. The summed E-state index contributed by atoms with van der Waals surface area (Å²) in [6, 6.07) is 8.87. The van der Waals surface area contributed by atoms with Gasteiger partial charge < -0.3 is 15.2 Å². The quantitative estimate of drug-likeness (QED) is 0.661. The van der Waals surface area contributed by atoms with Crippen LogP contribution in [0.1, 0.15) is 32.1 Å². The molecule has 0 unspecified atom stereocenters. The molecule has 0 bridgehead atoms. The van der Waals surface area contributed by atoms with Gasteiger partial charge in [0, 0.05) is 0 Å². The Labute approximate surface area is 107 Å². The van der Waals surface area contributed by atoms with Crippen molar-refractivity contribution in [3.63, 3.8) is 0 Å². The zero-order valence-corrected chi connectivity index (χ0v) is 10.4. The van der Waals surface area contributed by atoms with Gasteiger partial charge in [-0.25, -0.2) is 4.79 Å². The average molecular weight is 249 g/mol. The highest BCUT2D eigenvalue weighted by atomic mass is 16.7. The molecular formula is C14H19NO3. The van der Waals surface area contributed by atoms with Crippen molar-refractivity contribution in [2.24, 2.45) is 5.73 Å². The molecule has 0 heterocycles. The third-order valence-corrected chi connectivity index (χ3v) is 3.27. The Balaban J connectivity index is 1.78. The lowest BCUT2D eigenvalue weighted by atomic mass is 9.83. The molecule has 1 fully saturated rings. The van der Waals surface area contributed by atoms with Gasteiger partial charge in [-0.05, 0) is 25.0 Å². The van der Waals surface area contributed by atoms with E-state index in [0.717, 1.165) is 25.7 Å². The van der Waals surface area contributed by atoms with Crippen LogP contribution in [-0.2, 0) is 4.74 Å². The molecule has 0 atom stereocenters. The molecule has 0 radical (unpaired) electrons. The van der Waals surface area contributed by atoms with E-state index in [1.807, 2.05) is 6.07 Å². The van der Waals surface area contributed by atoms with E-state index < -0.39 is 6.16 Å². The Morgan fingerprint density at radius 3 is 2.50 bits per heavy atom. The number of nitrogens with two attached hydrogens (primary N) is 1. The number of para-hydroxylation sites is 1. The monoisotopic (exact) mass is 249 g/mol. The fourth-order valence-electron chi connectivity index (χ4n) is 2.22. The topological polar surface area (TPSA) is 61.5 Å². The van der Waals surface area contributed by atoms with E-state index in [1.54, 1.807) is 24.3 Å². The summed E-state index contributed by atoms with van der Waals surface area (Å²) in [4.78, 5) is 11.5. The number of carbonyl (C=O) groups excluding carboxylic acids is 1. The summed E-state index contributed by atoms with van der Waals surface area (Å²) in [5, 5.41) is 0. The third kappa shape index (κ3) is 3.74. The van der Waals surface area contributed by atoms with Gasteiger partial charge in [0.05, 0.1) is 5.54 Å². The van der Waals surface area contributed by atoms with Crippen molar-refractivity contribution in [1.29, 1.82) is 0 Å². The molecule has 0 aliphatic heterocycles. The molecule has 2 rings (SSSR count). The van der Waals surface area contributed by atoms with E-state index in [1.165, 1.54) is 6.42 Å². The fraction of sp³-hybridized carbons (Fsp3) is 0.500. The Bertz CT molecular complexity index is 385. The second-order valence-corrected chi connectivity index (χ2v) is 4.88. The van der Waals surface area contributed by atoms with Crippen LogP contribution in [-0.4, -0.2) is 18.3 Å². The van der Waals surface area contributed by atoms with E-state index in [9.17, 15) is 4.79 Å². The maximum Gasteiger partial charge on any atom is 0.513 e. The third-order valence-electron chi connectivity index (χ3n) is 3.27. The SMILES string of the molecule is NC1(COC(=O)Oc2ccccc2)CCCCC1. The van der Waals surface area contributed by atoms with Gasteiger partial charge in [0.1, 0.15) is 12.4 Å². The van der Waals surface area contributed by atoms with Crippen LogP contribution in [0.3, 0.4) is 0 Å². The zero-order valence-electron chi connectivity index (χ0n) is 10.4. The van der Waals surface area contributed by atoms with Gasteiger partial charge >= 0.3 is 6.16 Å². The molecule has 1 aliphatic carbocycles. The smallest absolute Gasteiger partial charge is 0.432 e. The van der Waals surface area contributed by atoms with Crippen molar-refractivity contribution in [3.8, 4) is 5.75 Å². The molecule has 18 heavy (non-hydrogen) atoms. The Kier molecular flexibility index (Phi) is 4.20. The molecule has 98 valence electrons. The van der Waals surface area contributed by atoms with Crippen LogP contribution < -0.4 is 10.5 Å². The highest BCUT2D eigenvalue weighted by Crippen LogP contribution is 2.26. The number of carbonyl (C=O) groups is 1. The van der Waals surface area contributed by atoms with Gasteiger partial charge in [-0.3, -0.25) is 0 Å². The van der Waals surface area contributed by atoms with E-state index in [-0.39, 0.29) is 12.1 Å². The first kappa shape index (κ1) is 12.9. The molecule has 0 saturated heterocycles. The number of ether oxygens (including phenoxy) is 2. The summed E-state index contributed by atoms with van der Waals surface area (Å²) in [5.41, 5.74) is 5.80. The van der Waals surface area contributed by atoms with Gasteiger partial charge in [0.15, 0.2) is 0 Å². The number of rotatable bonds is 3. The second-order valence-electron chi connectivity index (χ2n) is 4.88. The first-order valence-corrected chi connectivity index (χ1v) is 6.37. The minimum Gasteiger partial charge on any atom is -0.432 e. The first-order valence-electron chi connectivity index (χ1n) is 6.37. The molecular weight excluding hydrogens is 230 g/mol. The number of hydrogen-bond acceptors (Lipinski definition) is 4. The highest BCUT2D eigenvalue weighted by Gasteiger charge is 2.29. The highest BCUT2D eigenvalue weighted by molar-refractivity contribution is 5.63. The number of hydrogen-bond donors (Lipinski definition) is 1. The van der Waals surface area contributed by atoms with Gasteiger partial charge in [0.25, 0.3) is 0 Å².